The molecule has 0 aromatic carbocycles. The Morgan fingerprint density at radius 2 is 2.14 bits per heavy atom. The molecular formula is C21H20ClF2N3O. The Hall–Kier alpha value is -2.52. The summed E-state index contributed by atoms with van der Waals surface area (Å²) < 4.78 is 26.1. The number of carbonyl (C=O) groups excluding carboxylic acids is 1. The lowest BCUT2D eigenvalue weighted by Gasteiger charge is -2.25. The molecule has 0 bridgehead atoms. The summed E-state index contributed by atoms with van der Waals surface area (Å²) in [6.07, 6.45) is 2.36. The minimum atomic E-state index is -2.82. The number of halogens is 3. The van der Waals surface area contributed by atoms with E-state index in [0.717, 1.165) is 18.4 Å². The number of amides is 1. The maximum absolute atomic E-state index is 13.1. The van der Waals surface area contributed by atoms with Crippen LogP contribution < -0.4 is 5.32 Å². The topological polar surface area (TPSA) is 54.9 Å². The fraction of sp³-hybridized carbons (Fsp3) is 0.381. The third-order valence-electron chi connectivity index (χ3n) is 4.46. The Kier molecular flexibility index (Phi) is 5.95. The highest BCUT2D eigenvalue weighted by molar-refractivity contribution is 6.31. The van der Waals surface area contributed by atoms with Gasteiger partial charge in [-0.05, 0) is 31.0 Å². The third-order valence-corrected chi connectivity index (χ3v) is 4.75. The highest BCUT2D eigenvalue weighted by atomic mass is 35.5. The van der Waals surface area contributed by atoms with Crippen LogP contribution in [0.25, 0.3) is 0 Å². The lowest BCUT2D eigenvalue weighted by Crippen LogP contribution is -2.38. The van der Waals surface area contributed by atoms with Crippen LogP contribution in [0.1, 0.15) is 60.4 Å². The molecule has 4 nitrogen and oxygen atoms in total. The molecule has 28 heavy (non-hydrogen) atoms. The van der Waals surface area contributed by atoms with E-state index in [1.165, 1.54) is 18.3 Å². The molecule has 1 N–H and O–H groups in total. The van der Waals surface area contributed by atoms with Gasteiger partial charge in [0.05, 0.1) is 16.3 Å². The van der Waals surface area contributed by atoms with Gasteiger partial charge in [0.2, 0.25) is 0 Å². The van der Waals surface area contributed by atoms with E-state index < -0.39 is 23.4 Å². The van der Waals surface area contributed by atoms with Crippen LogP contribution in [0.3, 0.4) is 0 Å². The minimum absolute atomic E-state index is 0.141. The first-order valence-electron chi connectivity index (χ1n) is 8.97. The predicted molar refractivity (Wildman–Crippen MR) is 103 cm³/mol. The van der Waals surface area contributed by atoms with Gasteiger partial charge < -0.3 is 5.32 Å². The minimum Gasteiger partial charge on any atom is -0.351 e. The van der Waals surface area contributed by atoms with Crippen molar-refractivity contribution in [2.45, 2.75) is 38.5 Å². The molecule has 1 fully saturated rings. The zero-order valence-electron chi connectivity index (χ0n) is 15.6. The maximum atomic E-state index is 13.1. The highest BCUT2D eigenvalue weighted by Crippen LogP contribution is 2.30. The number of hydrogen-bond donors (Lipinski definition) is 1. The maximum Gasteiger partial charge on any atom is 0.281 e. The number of nitrogens with one attached hydrogen (secondary N) is 1. The van der Waals surface area contributed by atoms with Crippen molar-refractivity contribution in [3.63, 3.8) is 0 Å². The smallest absolute Gasteiger partial charge is 0.281 e. The molecule has 2 aromatic heterocycles. The van der Waals surface area contributed by atoms with Crippen LogP contribution in [-0.4, -0.2) is 22.4 Å². The molecule has 1 aliphatic rings. The molecule has 146 valence electrons. The number of aromatic nitrogens is 2. The highest BCUT2D eigenvalue weighted by Gasteiger charge is 2.27. The average Bonchev–Trinajstić information content (AvgIpc) is 3.49. The molecule has 2 heterocycles. The number of pyridine rings is 2. The summed E-state index contributed by atoms with van der Waals surface area (Å²) in [5.74, 6) is 6.10. The lowest BCUT2D eigenvalue weighted by atomic mass is 9.88. The van der Waals surface area contributed by atoms with Crippen LogP contribution in [-0.2, 0) is 5.41 Å². The second-order valence-corrected chi connectivity index (χ2v) is 7.81. The van der Waals surface area contributed by atoms with Crippen LogP contribution in [0.2, 0.25) is 5.02 Å². The summed E-state index contributed by atoms with van der Waals surface area (Å²) in [7, 11) is 0. The molecule has 1 amide bonds. The van der Waals surface area contributed by atoms with Crippen molar-refractivity contribution in [1.82, 2.24) is 15.3 Å². The SMILES string of the molecule is CC(C)(CNC(=O)c1cccnc1C(F)F)c1ncc(C#CC2CC2)cc1Cl. The van der Waals surface area contributed by atoms with Gasteiger partial charge in [-0.25, -0.2) is 8.78 Å². The van der Waals surface area contributed by atoms with E-state index in [4.69, 9.17) is 11.6 Å². The summed E-state index contributed by atoms with van der Waals surface area (Å²) in [6, 6.07) is 4.54. The van der Waals surface area contributed by atoms with Crippen LogP contribution in [0.5, 0.6) is 0 Å². The molecule has 0 radical (unpaired) electrons. The second kappa shape index (κ2) is 8.24. The number of nitrogens with zero attached hydrogens (tertiary/aromatic N) is 2. The molecule has 0 unspecified atom stereocenters. The zero-order valence-corrected chi connectivity index (χ0v) is 16.4. The normalized spacial score (nSPS) is 13.8. The Bertz CT molecular complexity index is 946. The van der Waals surface area contributed by atoms with Gasteiger partial charge in [0, 0.05) is 35.8 Å². The molecule has 7 heteroatoms. The predicted octanol–water partition coefficient (Wildman–Crippen LogP) is 4.54. The molecular weight excluding hydrogens is 384 g/mol. The molecule has 0 atom stereocenters. The monoisotopic (exact) mass is 403 g/mol. The summed E-state index contributed by atoms with van der Waals surface area (Å²) >= 11 is 6.39. The molecule has 2 aromatic rings. The van der Waals surface area contributed by atoms with Crippen molar-refractivity contribution in [3.05, 3.63) is 58.1 Å². The Balaban J connectivity index is 1.71. The number of rotatable bonds is 5. The lowest BCUT2D eigenvalue weighted by molar-refractivity contribution is 0.0929. The second-order valence-electron chi connectivity index (χ2n) is 7.40. The third kappa shape index (κ3) is 4.85. The molecule has 3 rings (SSSR count). The van der Waals surface area contributed by atoms with E-state index in [9.17, 15) is 13.6 Å². The molecule has 0 aliphatic heterocycles. The van der Waals surface area contributed by atoms with Gasteiger partial charge in [-0.1, -0.05) is 37.3 Å². The van der Waals surface area contributed by atoms with Crippen molar-refractivity contribution >= 4 is 17.5 Å². The fourth-order valence-corrected chi connectivity index (χ4v) is 3.10. The Morgan fingerprint density at radius 3 is 2.79 bits per heavy atom. The van der Waals surface area contributed by atoms with Crippen molar-refractivity contribution in [2.24, 2.45) is 5.92 Å². The number of hydrogen-bond acceptors (Lipinski definition) is 3. The number of alkyl halides is 2. The summed E-state index contributed by atoms with van der Waals surface area (Å²) in [4.78, 5) is 20.4. The van der Waals surface area contributed by atoms with E-state index in [-0.39, 0.29) is 12.1 Å². The van der Waals surface area contributed by atoms with Gasteiger partial charge in [-0.3, -0.25) is 14.8 Å². The number of carbonyl (C=O) groups is 1. The largest absolute Gasteiger partial charge is 0.351 e. The summed E-state index contributed by atoms with van der Waals surface area (Å²) in [5, 5.41) is 3.14. The van der Waals surface area contributed by atoms with E-state index >= 15 is 0 Å². The van der Waals surface area contributed by atoms with Crippen molar-refractivity contribution < 1.29 is 13.6 Å². The van der Waals surface area contributed by atoms with Crippen molar-refractivity contribution in [1.29, 1.82) is 0 Å². The van der Waals surface area contributed by atoms with Gasteiger partial charge in [0.25, 0.3) is 12.3 Å². The van der Waals surface area contributed by atoms with Crippen LogP contribution in [0.4, 0.5) is 8.78 Å². The van der Waals surface area contributed by atoms with Crippen molar-refractivity contribution in [3.8, 4) is 11.8 Å². The fourth-order valence-electron chi connectivity index (χ4n) is 2.68. The van der Waals surface area contributed by atoms with Crippen LogP contribution in [0.15, 0.2) is 30.6 Å². The standard InChI is InChI=1S/C21H20ClF2N3O/c1-21(2,12-27-20(28)15-4-3-9-25-17(15)19(23)24)18-16(22)10-14(11-26-18)8-7-13-5-6-13/h3-4,9-11,13,19H,5-6,12H2,1-2H3,(H,27,28). The molecule has 1 aliphatic carbocycles. The van der Waals surface area contributed by atoms with E-state index in [1.807, 2.05) is 13.8 Å². The summed E-state index contributed by atoms with van der Waals surface area (Å²) in [6.45, 7) is 3.91. The molecule has 0 spiro atoms. The quantitative estimate of drug-likeness (QED) is 0.746. The first kappa shape index (κ1) is 20.2. The van der Waals surface area contributed by atoms with Gasteiger partial charge >= 0.3 is 0 Å². The van der Waals surface area contributed by atoms with Gasteiger partial charge in [0.15, 0.2) is 0 Å². The first-order valence-corrected chi connectivity index (χ1v) is 9.34. The van der Waals surface area contributed by atoms with Crippen molar-refractivity contribution in [2.75, 3.05) is 6.54 Å². The molecule has 0 saturated heterocycles. The average molecular weight is 404 g/mol. The van der Waals surface area contributed by atoms with E-state index in [0.29, 0.717) is 16.6 Å². The van der Waals surface area contributed by atoms with E-state index in [2.05, 4.69) is 27.1 Å². The van der Waals surface area contributed by atoms with Crippen LogP contribution in [0, 0.1) is 17.8 Å². The van der Waals surface area contributed by atoms with Gasteiger partial charge in [-0.2, -0.15) is 0 Å². The summed E-state index contributed by atoms with van der Waals surface area (Å²) in [5.41, 5.74) is 0.0669. The molecule has 1 saturated carbocycles. The van der Waals surface area contributed by atoms with Gasteiger partial charge in [0.1, 0.15) is 5.69 Å². The van der Waals surface area contributed by atoms with E-state index in [1.54, 1.807) is 12.3 Å². The Morgan fingerprint density at radius 1 is 1.39 bits per heavy atom. The zero-order chi connectivity index (χ0) is 20.3. The first-order chi connectivity index (χ1) is 13.3. The van der Waals surface area contributed by atoms with Gasteiger partial charge in [-0.15, -0.1) is 0 Å². The Labute approximate surface area is 167 Å². The van der Waals surface area contributed by atoms with Crippen LogP contribution >= 0.6 is 11.6 Å².